The van der Waals surface area contributed by atoms with Gasteiger partial charge in [0.25, 0.3) is 0 Å². The lowest BCUT2D eigenvalue weighted by molar-refractivity contribution is -0.153. The van der Waals surface area contributed by atoms with Crippen LogP contribution >= 0.6 is 0 Å². The summed E-state index contributed by atoms with van der Waals surface area (Å²) >= 11 is 0. The minimum atomic E-state index is -1.73. The van der Waals surface area contributed by atoms with Crippen LogP contribution in [0.4, 0.5) is 0 Å². The van der Waals surface area contributed by atoms with E-state index in [4.69, 9.17) is 0 Å². The van der Waals surface area contributed by atoms with Crippen LogP contribution in [-0.2, 0) is 0 Å². The molecule has 0 saturated carbocycles. The molecular weight excluding hydrogens is 248 g/mol. The van der Waals surface area contributed by atoms with Crippen molar-refractivity contribution in [2.75, 3.05) is 0 Å². The molecule has 0 aliphatic heterocycles. The number of rotatable bonds is 2. The van der Waals surface area contributed by atoms with E-state index >= 15 is 0 Å². The van der Waals surface area contributed by atoms with Gasteiger partial charge in [0.1, 0.15) is 0 Å². The Balaban J connectivity index is 2.27. The van der Waals surface area contributed by atoms with Crippen molar-refractivity contribution >= 4 is 6.08 Å². The molecule has 106 valence electrons. The van der Waals surface area contributed by atoms with Crippen LogP contribution in [0.3, 0.4) is 0 Å². The van der Waals surface area contributed by atoms with Gasteiger partial charge in [-0.05, 0) is 48.6 Å². The number of hydrogen-bond donors (Lipinski definition) is 2. The second kappa shape index (κ2) is 5.39. The van der Waals surface area contributed by atoms with Gasteiger partial charge in [-0.15, -0.1) is 0 Å². The highest BCUT2D eigenvalue weighted by Crippen LogP contribution is 2.31. The molecule has 0 aromatic heterocycles. The summed E-state index contributed by atoms with van der Waals surface area (Å²) in [5.74, 6) is -2.04. The molecule has 2 heteroatoms. The molecule has 20 heavy (non-hydrogen) atoms. The summed E-state index contributed by atoms with van der Waals surface area (Å²) in [6.07, 6.45) is 7.81. The summed E-state index contributed by atoms with van der Waals surface area (Å²) in [4.78, 5) is 0. The van der Waals surface area contributed by atoms with E-state index in [0.29, 0.717) is 5.57 Å². The van der Waals surface area contributed by atoms with Crippen molar-refractivity contribution in [3.05, 3.63) is 64.3 Å². The molecule has 1 aromatic carbocycles. The van der Waals surface area contributed by atoms with Crippen molar-refractivity contribution in [2.45, 2.75) is 33.5 Å². The van der Waals surface area contributed by atoms with Gasteiger partial charge in [-0.3, -0.25) is 0 Å². The Morgan fingerprint density at radius 3 is 2.45 bits per heavy atom. The van der Waals surface area contributed by atoms with Gasteiger partial charge in [-0.25, -0.2) is 0 Å². The van der Waals surface area contributed by atoms with Gasteiger partial charge in [-0.2, -0.15) is 0 Å². The third-order valence-corrected chi connectivity index (χ3v) is 4.14. The first-order chi connectivity index (χ1) is 9.32. The SMILES string of the molecule is CC1=CC(C=Cc2cccc(C)c2C)=CC(C)C1(O)O. The largest absolute Gasteiger partial charge is 0.362 e. The fraction of sp³-hybridized carbons (Fsp3) is 0.333. The highest BCUT2D eigenvalue weighted by Gasteiger charge is 2.33. The van der Waals surface area contributed by atoms with E-state index in [0.717, 1.165) is 5.57 Å². The maximum absolute atomic E-state index is 9.91. The number of aliphatic hydroxyl groups is 2. The summed E-state index contributed by atoms with van der Waals surface area (Å²) in [5.41, 5.74) is 5.32. The smallest absolute Gasteiger partial charge is 0.191 e. The Bertz CT molecular complexity index is 604. The number of hydrogen-bond acceptors (Lipinski definition) is 2. The maximum atomic E-state index is 9.91. The van der Waals surface area contributed by atoms with Crippen molar-refractivity contribution in [1.82, 2.24) is 0 Å². The van der Waals surface area contributed by atoms with Gasteiger partial charge in [0, 0.05) is 5.92 Å². The molecule has 0 bridgehead atoms. The molecule has 1 atom stereocenters. The lowest BCUT2D eigenvalue weighted by Crippen LogP contribution is -2.38. The quantitative estimate of drug-likeness (QED) is 0.807. The van der Waals surface area contributed by atoms with Crippen LogP contribution in [0.15, 0.2) is 47.6 Å². The monoisotopic (exact) mass is 270 g/mol. The predicted octanol–water partition coefficient (Wildman–Crippen LogP) is 3.52. The summed E-state index contributed by atoms with van der Waals surface area (Å²) in [6, 6.07) is 6.24. The van der Waals surface area contributed by atoms with Crippen molar-refractivity contribution in [3.8, 4) is 0 Å². The Morgan fingerprint density at radius 2 is 1.80 bits per heavy atom. The standard InChI is InChI=1S/C18H22O2/c1-12-6-5-7-17(15(12)4)9-8-16-10-13(2)18(19,20)14(3)11-16/h5-11,13,19-20H,1-4H3. The summed E-state index contributed by atoms with van der Waals surface area (Å²) < 4.78 is 0. The van der Waals surface area contributed by atoms with Crippen LogP contribution in [0, 0.1) is 19.8 Å². The first kappa shape index (κ1) is 14.8. The van der Waals surface area contributed by atoms with Crippen LogP contribution in [0.25, 0.3) is 6.08 Å². The zero-order valence-corrected chi connectivity index (χ0v) is 12.5. The highest BCUT2D eigenvalue weighted by atomic mass is 16.5. The van der Waals surface area contributed by atoms with Gasteiger partial charge in [0.2, 0.25) is 0 Å². The van der Waals surface area contributed by atoms with E-state index in [9.17, 15) is 10.2 Å². The summed E-state index contributed by atoms with van der Waals surface area (Å²) in [6.45, 7) is 7.77. The van der Waals surface area contributed by atoms with Crippen molar-refractivity contribution in [3.63, 3.8) is 0 Å². The summed E-state index contributed by atoms with van der Waals surface area (Å²) in [7, 11) is 0. The second-order valence-corrected chi connectivity index (χ2v) is 5.63. The third-order valence-electron chi connectivity index (χ3n) is 4.14. The average Bonchev–Trinajstić information content (AvgIpc) is 2.38. The molecule has 0 amide bonds. The molecule has 1 aliphatic carbocycles. The molecular formula is C18H22O2. The van der Waals surface area contributed by atoms with Crippen LogP contribution in [0.2, 0.25) is 0 Å². The fourth-order valence-corrected chi connectivity index (χ4v) is 2.41. The van der Waals surface area contributed by atoms with Crippen LogP contribution in [0.1, 0.15) is 30.5 Å². The van der Waals surface area contributed by atoms with E-state index in [2.05, 4.69) is 32.1 Å². The molecule has 2 rings (SSSR count). The predicted molar refractivity (Wildman–Crippen MR) is 83.1 cm³/mol. The molecule has 0 saturated heterocycles. The average molecular weight is 270 g/mol. The number of benzene rings is 1. The van der Waals surface area contributed by atoms with Crippen LogP contribution in [-0.4, -0.2) is 16.0 Å². The summed E-state index contributed by atoms with van der Waals surface area (Å²) in [5, 5.41) is 19.8. The van der Waals surface area contributed by atoms with Gasteiger partial charge in [0.15, 0.2) is 5.79 Å². The topological polar surface area (TPSA) is 40.5 Å². The number of aryl methyl sites for hydroxylation is 1. The molecule has 0 heterocycles. The van der Waals surface area contributed by atoms with Gasteiger partial charge in [-0.1, -0.05) is 49.4 Å². The number of allylic oxidation sites excluding steroid dienone is 3. The molecule has 1 aliphatic rings. The van der Waals surface area contributed by atoms with Crippen LogP contribution < -0.4 is 0 Å². The highest BCUT2D eigenvalue weighted by molar-refractivity contribution is 5.60. The Morgan fingerprint density at radius 1 is 1.10 bits per heavy atom. The molecule has 0 fully saturated rings. The van der Waals surface area contributed by atoms with Gasteiger partial charge >= 0.3 is 0 Å². The van der Waals surface area contributed by atoms with E-state index in [1.54, 1.807) is 6.92 Å². The Hall–Kier alpha value is -1.64. The lowest BCUT2D eigenvalue weighted by Gasteiger charge is -2.31. The van der Waals surface area contributed by atoms with Gasteiger partial charge < -0.3 is 10.2 Å². The molecule has 0 spiro atoms. The Labute approximate surface area is 120 Å². The minimum Gasteiger partial charge on any atom is -0.362 e. The molecule has 0 radical (unpaired) electrons. The van der Waals surface area contributed by atoms with Crippen molar-refractivity contribution in [2.24, 2.45) is 5.92 Å². The molecule has 2 nitrogen and oxygen atoms in total. The van der Waals surface area contributed by atoms with Crippen molar-refractivity contribution < 1.29 is 10.2 Å². The lowest BCUT2D eigenvalue weighted by atomic mass is 9.86. The first-order valence-electron chi connectivity index (χ1n) is 6.92. The van der Waals surface area contributed by atoms with E-state index in [1.807, 2.05) is 31.2 Å². The zero-order valence-electron chi connectivity index (χ0n) is 12.5. The van der Waals surface area contributed by atoms with E-state index < -0.39 is 5.79 Å². The first-order valence-corrected chi connectivity index (χ1v) is 6.92. The molecule has 2 N–H and O–H groups in total. The van der Waals surface area contributed by atoms with E-state index in [1.165, 1.54) is 16.7 Å². The molecule has 1 unspecified atom stereocenters. The Kier molecular flexibility index (Phi) is 3.98. The van der Waals surface area contributed by atoms with Crippen molar-refractivity contribution in [1.29, 1.82) is 0 Å². The minimum absolute atomic E-state index is 0.314. The normalized spacial score (nSPS) is 21.8. The second-order valence-electron chi connectivity index (χ2n) is 5.63. The maximum Gasteiger partial charge on any atom is 0.191 e. The zero-order chi connectivity index (χ0) is 14.9. The van der Waals surface area contributed by atoms with Crippen LogP contribution in [0.5, 0.6) is 0 Å². The van der Waals surface area contributed by atoms with Gasteiger partial charge in [0.05, 0.1) is 0 Å². The molecule has 1 aromatic rings. The van der Waals surface area contributed by atoms with E-state index in [-0.39, 0.29) is 5.92 Å². The fourth-order valence-electron chi connectivity index (χ4n) is 2.41. The third kappa shape index (κ3) is 2.77.